The molecule has 0 aliphatic carbocycles. The van der Waals surface area contributed by atoms with Gasteiger partial charge in [0.05, 0.1) is 11.9 Å². The van der Waals surface area contributed by atoms with E-state index in [2.05, 4.69) is 4.98 Å². The van der Waals surface area contributed by atoms with Gasteiger partial charge in [-0.15, -0.1) is 0 Å². The van der Waals surface area contributed by atoms with Crippen LogP contribution in [-0.4, -0.2) is 10.9 Å². The summed E-state index contributed by atoms with van der Waals surface area (Å²) < 4.78 is 26.4. The average molecular weight is 224 g/mol. The number of carbonyl (C=O) groups is 1. The van der Waals surface area contributed by atoms with Crippen molar-refractivity contribution < 1.29 is 13.6 Å². The average Bonchev–Trinajstić information content (AvgIpc) is 2.45. The van der Waals surface area contributed by atoms with Gasteiger partial charge in [-0.3, -0.25) is 4.79 Å². The fourth-order valence-electron chi connectivity index (χ4n) is 1.81. The zero-order chi connectivity index (χ0) is 11.9. The van der Waals surface area contributed by atoms with Gasteiger partial charge in [0, 0.05) is 17.1 Å². The van der Waals surface area contributed by atoms with E-state index >= 15 is 0 Å². The molecule has 0 radical (unpaired) electrons. The number of H-pyrrole nitrogens is 1. The van der Waals surface area contributed by atoms with Gasteiger partial charge >= 0.3 is 0 Å². The molecule has 0 atom stereocenters. The topological polar surface area (TPSA) is 58.9 Å². The summed E-state index contributed by atoms with van der Waals surface area (Å²) in [6.45, 7) is 1.69. The van der Waals surface area contributed by atoms with Gasteiger partial charge in [-0.2, -0.15) is 0 Å². The van der Waals surface area contributed by atoms with Gasteiger partial charge in [0.1, 0.15) is 11.6 Å². The van der Waals surface area contributed by atoms with Crippen LogP contribution in [0.1, 0.15) is 11.3 Å². The maximum absolute atomic E-state index is 13.4. The minimum Gasteiger partial charge on any atom is -0.369 e. The highest BCUT2D eigenvalue weighted by molar-refractivity contribution is 5.90. The fourth-order valence-corrected chi connectivity index (χ4v) is 1.81. The number of primary amides is 1. The van der Waals surface area contributed by atoms with Crippen molar-refractivity contribution in [3.63, 3.8) is 0 Å². The molecule has 0 aliphatic rings. The highest BCUT2D eigenvalue weighted by atomic mass is 19.1. The molecule has 2 rings (SSSR count). The van der Waals surface area contributed by atoms with Crippen LogP contribution in [0.2, 0.25) is 0 Å². The molecule has 1 amide bonds. The van der Waals surface area contributed by atoms with E-state index < -0.39 is 17.5 Å². The number of carbonyl (C=O) groups excluding carboxylic acids is 1. The van der Waals surface area contributed by atoms with Gasteiger partial charge < -0.3 is 10.7 Å². The number of hydrogen-bond donors (Lipinski definition) is 2. The number of halogens is 2. The Morgan fingerprint density at radius 3 is 2.75 bits per heavy atom. The molecule has 3 nitrogen and oxygen atoms in total. The lowest BCUT2D eigenvalue weighted by atomic mass is 10.1. The summed E-state index contributed by atoms with van der Waals surface area (Å²) in [6.07, 6.45) is -0.0330. The molecule has 1 aromatic carbocycles. The Morgan fingerprint density at radius 2 is 2.12 bits per heavy atom. The van der Waals surface area contributed by atoms with Gasteiger partial charge in [-0.1, -0.05) is 0 Å². The standard InChI is InChI=1S/C11H10F2N2O/c1-5-7(4-10(14)16)8-2-6(12)3-9(13)11(8)15-5/h2-3,15H,4H2,1H3,(H2,14,16). The lowest BCUT2D eigenvalue weighted by Crippen LogP contribution is -2.14. The first-order valence-electron chi connectivity index (χ1n) is 4.73. The number of hydrogen-bond acceptors (Lipinski definition) is 1. The summed E-state index contributed by atoms with van der Waals surface area (Å²) in [5.74, 6) is -1.88. The lowest BCUT2D eigenvalue weighted by Gasteiger charge is -1.98. The summed E-state index contributed by atoms with van der Waals surface area (Å²) in [6, 6.07) is 1.99. The fraction of sp³-hybridized carbons (Fsp3) is 0.182. The first-order valence-corrected chi connectivity index (χ1v) is 4.73. The second-order valence-electron chi connectivity index (χ2n) is 3.68. The van der Waals surface area contributed by atoms with E-state index in [9.17, 15) is 13.6 Å². The molecular weight excluding hydrogens is 214 g/mol. The molecule has 1 heterocycles. The van der Waals surface area contributed by atoms with Gasteiger partial charge in [0.15, 0.2) is 0 Å². The van der Waals surface area contributed by atoms with E-state index in [1.807, 2.05) is 0 Å². The van der Waals surface area contributed by atoms with E-state index in [1.165, 1.54) is 6.07 Å². The third-order valence-electron chi connectivity index (χ3n) is 2.50. The molecule has 84 valence electrons. The molecule has 0 bridgehead atoms. The van der Waals surface area contributed by atoms with Crippen molar-refractivity contribution in [2.24, 2.45) is 5.73 Å². The van der Waals surface area contributed by atoms with Gasteiger partial charge in [-0.25, -0.2) is 8.78 Å². The maximum atomic E-state index is 13.4. The number of nitrogens with two attached hydrogens (primary N) is 1. The summed E-state index contributed by atoms with van der Waals surface area (Å²) in [5.41, 5.74) is 6.45. The monoisotopic (exact) mass is 224 g/mol. The van der Waals surface area contributed by atoms with E-state index in [0.717, 1.165) is 6.07 Å². The molecule has 0 saturated carbocycles. The van der Waals surface area contributed by atoms with Crippen molar-refractivity contribution in [2.45, 2.75) is 13.3 Å². The second kappa shape index (κ2) is 3.59. The number of aromatic amines is 1. The van der Waals surface area contributed by atoms with E-state index in [-0.39, 0.29) is 11.9 Å². The van der Waals surface area contributed by atoms with E-state index in [0.29, 0.717) is 16.6 Å². The summed E-state index contributed by atoms with van der Waals surface area (Å²) >= 11 is 0. The van der Waals surface area contributed by atoms with Crippen LogP contribution >= 0.6 is 0 Å². The SMILES string of the molecule is Cc1[nH]c2c(F)cc(F)cc2c1CC(N)=O. The number of fused-ring (bicyclic) bond motifs is 1. The Hall–Kier alpha value is -1.91. The third-order valence-corrected chi connectivity index (χ3v) is 2.50. The molecule has 0 unspecified atom stereocenters. The van der Waals surface area contributed by atoms with Crippen LogP contribution in [0.5, 0.6) is 0 Å². The Balaban J connectivity index is 2.73. The number of amides is 1. The Morgan fingerprint density at radius 1 is 1.44 bits per heavy atom. The van der Waals surface area contributed by atoms with Gasteiger partial charge in [0.25, 0.3) is 0 Å². The largest absolute Gasteiger partial charge is 0.369 e. The Kier molecular flexibility index (Phi) is 2.38. The summed E-state index contributed by atoms with van der Waals surface area (Å²) in [7, 11) is 0. The molecule has 3 N–H and O–H groups in total. The molecule has 0 aliphatic heterocycles. The molecule has 2 aromatic rings. The molecule has 16 heavy (non-hydrogen) atoms. The predicted octanol–water partition coefficient (Wildman–Crippen LogP) is 1.78. The Bertz CT molecular complexity index is 575. The summed E-state index contributed by atoms with van der Waals surface area (Å²) in [5, 5.41) is 0.369. The van der Waals surface area contributed by atoms with Crippen molar-refractivity contribution in [1.82, 2.24) is 4.98 Å². The molecule has 0 spiro atoms. The highest BCUT2D eigenvalue weighted by Gasteiger charge is 2.14. The van der Waals surface area contributed by atoms with E-state index in [1.54, 1.807) is 6.92 Å². The minimum atomic E-state index is -0.672. The predicted molar refractivity (Wildman–Crippen MR) is 55.9 cm³/mol. The molecule has 5 heteroatoms. The van der Waals surface area contributed by atoms with Crippen molar-refractivity contribution in [3.8, 4) is 0 Å². The lowest BCUT2D eigenvalue weighted by molar-refractivity contribution is -0.117. The van der Waals surface area contributed by atoms with Crippen molar-refractivity contribution in [2.75, 3.05) is 0 Å². The number of nitrogens with one attached hydrogen (secondary N) is 1. The quantitative estimate of drug-likeness (QED) is 0.802. The zero-order valence-corrected chi connectivity index (χ0v) is 8.60. The van der Waals surface area contributed by atoms with Crippen LogP contribution in [0.4, 0.5) is 8.78 Å². The maximum Gasteiger partial charge on any atom is 0.221 e. The van der Waals surface area contributed by atoms with E-state index in [4.69, 9.17) is 5.73 Å². The molecular formula is C11H10F2N2O. The van der Waals surface area contributed by atoms with Crippen molar-refractivity contribution in [3.05, 3.63) is 35.0 Å². The van der Waals surface area contributed by atoms with Crippen molar-refractivity contribution in [1.29, 1.82) is 0 Å². The zero-order valence-electron chi connectivity index (χ0n) is 8.60. The van der Waals surface area contributed by atoms with Crippen LogP contribution in [-0.2, 0) is 11.2 Å². The van der Waals surface area contributed by atoms with Crippen LogP contribution < -0.4 is 5.73 Å². The van der Waals surface area contributed by atoms with Crippen molar-refractivity contribution >= 4 is 16.8 Å². The number of benzene rings is 1. The smallest absolute Gasteiger partial charge is 0.221 e. The normalized spacial score (nSPS) is 10.9. The Labute approximate surface area is 90.2 Å². The molecule has 0 saturated heterocycles. The highest BCUT2D eigenvalue weighted by Crippen LogP contribution is 2.25. The molecule has 0 fully saturated rings. The summed E-state index contributed by atoms with van der Waals surface area (Å²) in [4.78, 5) is 13.6. The van der Waals surface area contributed by atoms with Gasteiger partial charge in [0.2, 0.25) is 5.91 Å². The number of aryl methyl sites for hydroxylation is 1. The van der Waals surface area contributed by atoms with Crippen LogP contribution in [0, 0.1) is 18.6 Å². The van der Waals surface area contributed by atoms with Crippen LogP contribution in [0.15, 0.2) is 12.1 Å². The number of rotatable bonds is 2. The first kappa shape index (κ1) is 10.6. The first-order chi connectivity index (χ1) is 7.49. The second-order valence-corrected chi connectivity index (χ2v) is 3.68. The van der Waals surface area contributed by atoms with Gasteiger partial charge in [-0.05, 0) is 18.6 Å². The van der Waals surface area contributed by atoms with Crippen LogP contribution in [0.3, 0.4) is 0 Å². The number of aromatic nitrogens is 1. The molecule has 1 aromatic heterocycles. The minimum absolute atomic E-state index is 0.0330. The third kappa shape index (κ3) is 1.64. The van der Waals surface area contributed by atoms with Crippen LogP contribution in [0.25, 0.3) is 10.9 Å².